The molecule has 1 unspecified atom stereocenters. The molecule has 1 fully saturated rings. The van der Waals surface area contributed by atoms with Gasteiger partial charge in [-0.05, 0) is 66.2 Å². The van der Waals surface area contributed by atoms with E-state index in [0.717, 1.165) is 25.9 Å². The Morgan fingerprint density at radius 1 is 1.47 bits per heavy atom. The molecule has 1 atom stereocenters. The molecule has 1 heterocycles. The Hall–Kier alpha value is -0.610. The number of nitrogens with one attached hydrogen (secondary N) is 1. The van der Waals surface area contributed by atoms with Crippen LogP contribution >= 0.6 is 0 Å². The van der Waals surface area contributed by atoms with Crippen molar-refractivity contribution >= 4 is 5.97 Å². The molecule has 0 aliphatic carbocycles. The van der Waals surface area contributed by atoms with Crippen molar-refractivity contribution in [2.75, 3.05) is 27.2 Å². The van der Waals surface area contributed by atoms with Crippen molar-refractivity contribution in [2.45, 2.75) is 39.2 Å². The minimum Gasteiger partial charge on any atom is -0.481 e. The number of piperidine rings is 1. The fourth-order valence-corrected chi connectivity index (χ4v) is 2.57. The van der Waals surface area contributed by atoms with E-state index in [1.54, 1.807) is 0 Å². The molecule has 0 aromatic rings. The maximum Gasteiger partial charge on any atom is 0.309 e. The summed E-state index contributed by atoms with van der Waals surface area (Å²) in [7, 11) is 4.09. The van der Waals surface area contributed by atoms with Crippen LogP contribution in [0.1, 0.15) is 33.1 Å². The van der Waals surface area contributed by atoms with Gasteiger partial charge in [-0.2, -0.15) is 0 Å². The average Bonchev–Trinajstić information content (AvgIpc) is 2.27. The first-order valence-corrected chi connectivity index (χ1v) is 6.46. The number of hydrogen-bond donors (Lipinski definition) is 2. The lowest BCUT2D eigenvalue weighted by Gasteiger charge is -2.36. The molecule has 0 spiro atoms. The summed E-state index contributed by atoms with van der Waals surface area (Å²) in [6.45, 7) is 5.87. The lowest BCUT2D eigenvalue weighted by molar-refractivity contribution is -0.147. The van der Waals surface area contributed by atoms with Gasteiger partial charge in [0.05, 0.1) is 5.41 Å². The Kier molecular flexibility index (Phi) is 4.95. The van der Waals surface area contributed by atoms with E-state index in [-0.39, 0.29) is 0 Å². The van der Waals surface area contributed by atoms with Gasteiger partial charge in [-0.3, -0.25) is 4.79 Å². The molecule has 0 saturated carbocycles. The summed E-state index contributed by atoms with van der Waals surface area (Å²) in [6, 6.07) is 0.315. The van der Waals surface area contributed by atoms with Crippen molar-refractivity contribution in [1.29, 1.82) is 0 Å². The molecule has 0 amide bonds. The highest BCUT2D eigenvalue weighted by molar-refractivity contribution is 5.73. The molecule has 100 valence electrons. The van der Waals surface area contributed by atoms with Gasteiger partial charge in [0.25, 0.3) is 0 Å². The van der Waals surface area contributed by atoms with Crippen LogP contribution in [0, 0.1) is 11.3 Å². The first kappa shape index (κ1) is 14.5. The molecule has 17 heavy (non-hydrogen) atoms. The van der Waals surface area contributed by atoms with E-state index in [2.05, 4.69) is 17.3 Å². The Bertz CT molecular complexity index is 258. The molecular weight excluding hydrogens is 216 g/mol. The first-order valence-electron chi connectivity index (χ1n) is 6.46. The first-order chi connectivity index (χ1) is 7.86. The topological polar surface area (TPSA) is 52.6 Å². The standard InChI is InChI=1S/C13H26N2O2/c1-13(2,12(16)17)9-11(14-3)10-5-7-15(4)8-6-10/h10-11,14H,5-9H2,1-4H3,(H,16,17). The van der Waals surface area contributed by atoms with Gasteiger partial charge in [-0.1, -0.05) is 0 Å². The van der Waals surface area contributed by atoms with Crippen LogP contribution in [-0.2, 0) is 4.79 Å². The van der Waals surface area contributed by atoms with Gasteiger partial charge in [0.2, 0.25) is 0 Å². The predicted molar refractivity (Wildman–Crippen MR) is 69.1 cm³/mol. The number of carboxylic acids is 1. The van der Waals surface area contributed by atoms with Crippen molar-refractivity contribution in [3.63, 3.8) is 0 Å². The number of carbonyl (C=O) groups is 1. The molecule has 0 aromatic heterocycles. The minimum absolute atomic E-state index is 0.315. The lowest BCUT2D eigenvalue weighted by Crippen LogP contribution is -2.44. The van der Waals surface area contributed by atoms with E-state index >= 15 is 0 Å². The number of hydrogen-bond acceptors (Lipinski definition) is 3. The molecule has 2 N–H and O–H groups in total. The molecule has 0 aromatic carbocycles. The highest BCUT2D eigenvalue weighted by atomic mass is 16.4. The number of likely N-dealkylation sites (tertiary alicyclic amines) is 1. The lowest BCUT2D eigenvalue weighted by atomic mass is 9.78. The van der Waals surface area contributed by atoms with Crippen LogP contribution in [0.25, 0.3) is 0 Å². The summed E-state index contributed by atoms with van der Waals surface area (Å²) in [5.74, 6) is -0.0968. The Labute approximate surface area is 104 Å². The van der Waals surface area contributed by atoms with Gasteiger partial charge in [0.1, 0.15) is 0 Å². The van der Waals surface area contributed by atoms with Gasteiger partial charge in [0.15, 0.2) is 0 Å². The second-order valence-electron chi connectivity index (χ2n) is 5.93. The van der Waals surface area contributed by atoms with Crippen LogP contribution in [-0.4, -0.2) is 49.2 Å². The van der Waals surface area contributed by atoms with Crippen LogP contribution in [0.4, 0.5) is 0 Å². The maximum atomic E-state index is 11.2. The van der Waals surface area contributed by atoms with Crippen molar-refractivity contribution in [1.82, 2.24) is 10.2 Å². The van der Waals surface area contributed by atoms with Crippen LogP contribution in [0.2, 0.25) is 0 Å². The third kappa shape index (κ3) is 3.96. The SMILES string of the molecule is CNC(CC(C)(C)C(=O)O)C1CCN(C)CC1. The van der Waals surface area contributed by atoms with Gasteiger partial charge in [-0.25, -0.2) is 0 Å². The summed E-state index contributed by atoms with van der Waals surface area (Å²) in [5.41, 5.74) is -0.642. The Balaban J connectivity index is 2.56. The average molecular weight is 242 g/mol. The summed E-state index contributed by atoms with van der Waals surface area (Å²) >= 11 is 0. The molecule has 1 aliphatic heterocycles. The van der Waals surface area contributed by atoms with E-state index in [1.165, 1.54) is 0 Å². The zero-order valence-electron chi connectivity index (χ0n) is 11.5. The van der Waals surface area contributed by atoms with Crippen LogP contribution in [0.3, 0.4) is 0 Å². The Morgan fingerprint density at radius 3 is 2.41 bits per heavy atom. The van der Waals surface area contributed by atoms with Gasteiger partial charge in [0, 0.05) is 6.04 Å². The molecular formula is C13H26N2O2. The van der Waals surface area contributed by atoms with Crippen LogP contribution in [0.5, 0.6) is 0 Å². The summed E-state index contributed by atoms with van der Waals surface area (Å²) in [4.78, 5) is 13.5. The number of aliphatic carboxylic acids is 1. The van der Waals surface area contributed by atoms with E-state index < -0.39 is 11.4 Å². The monoisotopic (exact) mass is 242 g/mol. The predicted octanol–water partition coefficient (Wildman–Crippen LogP) is 1.42. The molecule has 4 heteroatoms. The quantitative estimate of drug-likeness (QED) is 0.765. The van der Waals surface area contributed by atoms with Gasteiger partial charge < -0.3 is 15.3 Å². The minimum atomic E-state index is -0.703. The van der Waals surface area contributed by atoms with Gasteiger partial charge in [-0.15, -0.1) is 0 Å². The third-order valence-electron chi connectivity index (χ3n) is 4.01. The maximum absolute atomic E-state index is 11.2. The molecule has 0 radical (unpaired) electrons. The molecule has 1 rings (SSSR count). The van der Waals surface area contributed by atoms with Crippen molar-refractivity contribution in [3.8, 4) is 0 Å². The summed E-state index contributed by atoms with van der Waals surface area (Å²) in [5, 5.41) is 12.5. The van der Waals surface area contributed by atoms with Crippen molar-refractivity contribution in [2.24, 2.45) is 11.3 Å². The zero-order valence-corrected chi connectivity index (χ0v) is 11.5. The number of carboxylic acid groups (broad SMARTS) is 1. The van der Waals surface area contributed by atoms with E-state index in [1.807, 2.05) is 20.9 Å². The highest BCUT2D eigenvalue weighted by Gasteiger charge is 2.34. The van der Waals surface area contributed by atoms with E-state index in [9.17, 15) is 9.90 Å². The number of nitrogens with zero attached hydrogens (tertiary/aromatic N) is 1. The van der Waals surface area contributed by atoms with Crippen LogP contribution in [0.15, 0.2) is 0 Å². The fraction of sp³-hybridized carbons (Fsp3) is 0.923. The number of rotatable bonds is 5. The third-order valence-corrected chi connectivity index (χ3v) is 4.01. The van der Waals surface area contributed by atoms with Crippen molar-refractivity contribution < 1.29 is 9.90 Å². The van der Waals surface area contributed by atoms with Crippen LogP contribution < -0.4 is 5.32 Å². The molecule has 0 bridgehead atoms. The molecule has 1 saturated heterocycles. The van der Waals surface area contributed by atoms with Crippen molar-refractivity contribution in [3.05, 3.63) is 0 Å². The molecule has 1 aliphatic rings. The molecule has 4 nitrogen and oxygen atoms in total. The normalized spacial score (nSPS) is 21.4. The largest absolute Gasteiger partial charge is 0.481 e. The summed E-state index contributed by atoms with van der Waals surface area (Å²) < 4.78 is 0. The fourth-order valence-electron chi connectivity index (χ4n) is 2.57. The van der Waals surface area contributed by atoms with E-state index in [4.69, 9.17) is 0 Å². The van der Waals surface area contributed by atoms with E-state index in [0.29, 0.717) is 18.4 Å². The summed E-state index contributed by atoms with van der Waals surface area (Å²) in [6.07, 6.45) is 3.03. The smallest absolute Gasteiger partial charge is 0.309 e. The second kappa shape index (κ2) is 5.83. The Morgan fingerprint density at radius 2 is 2.00 bits per heavy atom. The second-order valence-corrected chi connectivity index (χ2v) is 5.93. The zero-order chi connectivity index (χ0) is 13.1. The highest BCUT2D eigenvalue weighted by Crippen LogP contribution is 2.29. The van der Waals surface area contributed by atoms with Gasteiger partial charge >= 0.3 is 5.97 Å².